The number of rotatable bonds is 2. The lowest BCUT2D eigenvalue weighted by atomic mass is 10.2. The highest BCUT2D eigenvalue weighted by Gasteiger charge is 2.13. The van der Waals surface area contributed by atoms with E-state index in [-0.39, 0.29) is 17.5 Å². The number of aryl methyl sites for hydroxylation is 2. The monoisotopic (exact) mass is 283 g/mol. The average molecular weight is 283 g/mol. The fourth-order valence-electron chi connectivity index (χ4n) is 2.10. The van der Waals surface area contributed by atoms with Gasteiger partial charge in [-0.15, -0.1) is 0 Å². The van der Waals surface area contributed by atoms with Crippen molar-refractivity contribution in [3.8, 4) is 5.75 Å². The van der Waals surface area contributed by atoms with Crippen molar-refractivity contribution >= 4 is 22.8 Å². The Hall–Kier alpha value is -2.96. The van der Waals surface area contributed by atoms with Crippen molar-refractivity contribution in [1.29, 1.82) is 0 Å². The normalized spacial score (nSPS) is 10.8. The van der Waals surface area contributed by atoms with Gasteiger partial charge in [-0.25, -0.2) is 9.97 Å². The third kappa shape index (κ3) is 2.29. The lowest BCUT2D eigenvalue weighted by Crippen LogP contribution is -2.13. The SMILES string of the molecule is Cc1nn(C)c2ncc(C(=O)Nc3ncccc3O)cc12. The molecule has 7 heteroatoms. The van der Waals surface area contributed by atoms with Crippen LogP contribution in [-0.4, -0.2) is 30.8 Å². The van der Waals surface area contributed by atoms with Crippen LogP contribution in [0.3, 0.4) is 0 Å². The smallest absolute Gasteiger partial charge is 0.258 e. The van der Waals surface area contributed by atoms with Crippen LogP contribution in [-0.2, 0) is 7.05 Å². The molecule has 0 fully saturated rings. The van der Waals surface area contributed by atoms with Crippen LogP contribution in [0.5, 0.6) is 5.75 Å². The highest BCUT2D eigenvalue weighted by molar-refractivity contribution is 6.05. The third-order valence-corrected chi connectivity index (χ3v) is 3.14. The minimum absolute atomic E-state index is 0.0857. The predicted octanol–water partition coefficient (Wildman–Crippen LogP) is 1.63. The molecular weight excluding hydrogens is 270 g/mol. The summed E-state index contributed by atoms with van der Waals surface area (Å²) in [6, 6.07) is 4.76. The topological polar surface area (TPSA) is 92.9 Å². The summed E-state index contributed by atoms with van der Waals surface area (Å²) in [4.78, 5) is 20.4. The second kappa shape index (κ2) is 4.86. The van der Waals surface area contributed by atoms with Crippen molar-refractivity contribution in [3.63, 3.8) is 0 Å². The van der Waals surface area contributed by atoms with Crippen molar-refractivity contribution in [2.75, 3.05) is 5.32 Å². The first-order valence-electron chi connectivity index (χ1n) is 6.31. The molecule has 21 heavy (non-hydrogen) atoms. The number of aromatic nitrogens is 4. The Labute approximate surface area is 120 Å². The molecule has 0 bridgehead atoms. The van der Waals surface area contributed by atoms with Gasteiger partial charge in [-0.1, -0.05) is 0 Å². The zero-order valence-electron chi connectivity index (χ0n) is 11.5. The molecule has 3 rings (SSSR count). The van der Waals surface area contributed by atoms with Crippen molar-refractivity contribution < 1.29 is 9.90 Å². The molecule has 0 atom stereocenters. The minimum Gasteiger partial charge on any atom is -0.504 e. The number of nitrogens with zero attached hydrogens (tertiary/aromatic N) is 4. The molecule has 0 saturated carbocycles. The van der Waals surface area contributed by atoms with E-state index in [0.29, 0.717) is 11.2 Å². The van der Waals surface area contributed by atoms with Crippen LogP contribution < -0.4 is 5.32 Å². The second-order valence-corrected chi connectivity index (χ2v) is 4.63. The molecule has 0 aromatic carbocycles. The highest BCUT2D eigenvalue weighted by atomic mass is 16.3. The highest BCUT2D eigenvalue weighted by Crippen LogP contribution is 2.20. The molecule has 106 valence electrons. The summed E-state index contributed by atoms with van der Waals surface area (Å²) in [7, 11) is 1.80. The van der Waals surface area contributed by atoms with Crippen LogP contribution in [0.4, 0.5) is 5.82 Å². The maximum absolute atomic E-state index is 12.2. The van der Waals surface area contributed by atoms with Crippen LogP contribution in [0, 0.1) is 6.92 Å². The van der Waals surface area contributed by atoms with E-state index in [1.54, 1.807) is 23.9 Å². The third-order valence-electron chi connectivity index (χ3n) is 3.14. The van der Waals surface area contributed by atoms with Gasteiger partial charge in [0.1, 0.15) is 0 Å². The van der Waals surface area contributed by atoms with Crippen LogP contribution in [0.15, 0.2) is 30.6 Å². The van der Waals surface area contributed by atoms with Gasteiger partial charge in [0.15, 0.2) is 17.2 Å². The number of pyridine rings is 2. The van der Waals surface area contributed by atoms with Gasteiger partial charge in [0.2, 0.25) is 0 Å². The van der Waals surface area contributed by atoms with Crippen molar-refractivity contribution in [1.82, 2.24) is 19.7 Å². The predicted molar refractivity (Wildman–Crippen MR) is 77.1 cm³/mol. The Balaban J connectivity index is 1.95. The Bertz CT molecular complexity index is 840. The van der Waals surface area contributed by atoms with Crippen molar-refractivity contribution in [2.24, 2.45) is 7.05 Å². The van der Waals surface area contributed by atoms with Gasteiger partial charge < -0.3 is 10.4 Å². The number of carbonyl (C=O) groups excluding carboxylic acids is 1. The number of hydrogen-bond acceptors (Lipinski definition) is 5. The Morgan fingerprint density at radius 1 is 1.38 bits per heavy atom. The fraction of sp³-hybridized carbons (Fsp3) is 0.143. The molecule has 0 unspecified atom stereocenters. The molecule has 0 aliphatic carbocycles. The van der Waals surface area contributed by atoms with E-state index < -0.39 is 0 Å². The summed E-state index contributed by atoms with van der Waals surface area (Å²) in [5.74, 6) is -0.357. The minimum atomic E-state index is -0.387. The molecule has 0 saturated heterocycles. The molecule has 0 spiro atoms. The maximum atomic E-state index is 12.2. The first-order valence-corrected chi connectivity index (χ1v) is 6.31. The van der Waals surface area contributed by atoms with E-state index in [0.717, 1.165) is 11.1 Å². The van der Waals surface area contributed by atoms with Crippen LogP contribution >= 0.6 is 0 Å². The molecule has 7 nitrogen and oxygen atoms in total. The average Bonchev–Trinajstić information content (AvgIpc) is 2.76. The first kappa shape index (κ1) is 13.0. The quantitative estimate of drug-likeness (QED) is 0.745. The summed E-state index contributed by atoms with van der Waals surface area (Å²) >= 11 is 0. The fourth-order valence-corrected chi connectivity index (χ4v) is 2.10. The van der Waals surface area contributed by atoms with Gasteiger partial charge in [-0.05, 0) is 25.1 Å². The van der Waals surface area contributed by atoms with Gasteiger partial charge >= 0.3 is 0 Å². The largest absolute Gasteiger partial charge is 0.504 e. The number of aromatic hydroxyl groups is 1. The zero-order chi connectivity index (χ0) is 15.0. The lowest BCUT2D eigenvalue weighted by Gasteiger charge is -2.05. The van der Waals surface area contributed by atoms with E-state index in [1.807, 2.05) is 6.92 Å². The zero-order valence-corrected chi connectivity index (χ0v) is 11.5. The van der Waals surface area contributed by atoms with Crippen molar-refractivity contribution in [2.45, 2.75) is 6.92 Å². The molecule has 0 aliphatic heterocycles. The molecule has 0 aliphatic rings. The number of amides is 1. The van der Waals surface area contributed by atoms with Crippen LogP contribution in [0.25, 0.3) is 11.0 Å². The summed E-state index contributed by atoms with van der Waals surface area (Å²) in [5.41, 5.74) is 1.89. The number of anilines is 1. The van der Waals surface area contributed by atoms with E-state index in [4.69, 9.17) is 0 Å². The Morgan fingerprint density at radius 2 is 2.19 bits per heavy atom. The molecule has 1 amide bonds. The number of hydrogen-bond donors (Lipinski definition) is 2. The summed E-state index contributed by atoms with van der Waals surface area (Å²) < 4.78 is 1.66. The van der Waals surface area contributed by atoms with Gasteiger partial charge in [-0.3, -0.25) is 9.48 Å². The Morgan fingerprint density at radius 3 is 2.95 bits per heavy atom. The number of nitrogens with one attached hydrogen (secondary N) is 1. The first-order chi connectivity index (χ1) is 10.1. The van der Waals surface area contributed by atoms with Gasteiger partial charge in [0.05, 0.1) is 11.3 Å². The van der Waals surface area contributed by atoms with E-state index >= 15 is 0 Å². The van der Waals surface area contributed by atoms with Gasteiger partial charge in [0.25, 0.3) is 5.91 Å². The number of carbonyl (C=O) groups is 1. The summed E-state index contributed by atoms with van der Waals surface area (Å²) in [5, 5.41) is 17.2. The molecule has 3 aromatic rings. The lowest BCUT2D eigenvalue weighted by molar-refractivity contribution is 0.102. The molecule has 2 N–H and O–H groups in total. The summed E-state index contributed by atoms with van der Waals surface area (Å²) in [6.45, 7) is 1.86. The standard InChI is InChI=1S/C14H13N5O2/c1-8-10-6-9(7-16-13(10)19(2)18-8)14(21)17-12-11(20)4-3-5-15-12/h3-7,20H,1-2H3,(H,15,17,21). The maximum Gasteiger partial charge on any atom is 0.258 e. The molecule has 3 heterocycles. The Kier molecular flexibility index (Phi) is 3.02. The van der Waals surface area contributed by atoms with Gasteiger partial charge in [-0.2, -0.15) is 5.10 Å². The van der Waals surface area contributed by atoms with E-state index in [2.05, 4.69) is 20.4 Å². The van der Waals surface area contributed by atoms with Crippen LogP contribution in [0.1, 0.15) is 16.1 Å². The molecular formula is C14H13N5O2. The number of fused-ring (bicyclic) bond motifs is 1. The van der Waals surface area contributed by atoms with Crippen molar-refractivity contribution in [3.05, 3.63) is 41.9 Å². The van der Waals surface area contributed by atoms with E-state index in [1.165, 1.54) is 18.5 Å². The molecule has 3 aromatic heterocycles. The molecule has 0 radical (unpaired) electrons. The van der Waals surface area contributed by atoms with Crippen LogP contribution in [0.2, 0.25) is 0 Å². The second-order valence-electron chi connectivity index (χ2n) is 4.63. The van der Waals surface area contributed by atoms with Gasteiger partial charge in [0, 0.05) is 24.8 Å². The summed E-state index contributed by atoms with van der Waals surface area (Å²) in [6.07, 6.45) is 2.96. The van der Waals surface area contributed by atoms with E-state index in [9.17, 15) is 9.90 Å².